The van der Waals surface area contributed by atoms with Crippen molar-refractivity contribution in [3.05, 3.63) is 0 Å². The molecule has 0 radical (unpaired) electrons. The van der Waals surface area contributed by atoms with Gasteiger partial charge in [0.2, 0.25) is 0 Å². The molecule has 2 unspecified atom stereocenters. The molecule has 3 fully saturated rings. The zero-order valence-electron chi connectivity index (χ0n) is 12.0. The minimum atomic E-state index is -0.400. The fraction of sp³-hybridized carbons (Fsp3) is 1.00. The predicted octanol–water partition coefficient (Wildman–Crippen LogP) is 3.67. The van der Waals surface area contributed by atoms with E-state index in [4.69, 9.17) is 4.74 Å². The zero-order chi connectivity index (χ0) is 12.9. The van der Waals surface area contributed by atoms with Gasteiger partial charge in [-0.05, 0) is 56.3 Å². The Morgan fingerprint density at radius 3 is 2.39 bits per heavy atom. The molecule has 0 aromatic heterocycles. The fourth-order valence-corrected chi connectivity index (χ4v) is 4.76. The third-order valence-corrected chi connectivity index (χ3v) is 5.79. The Labute approximate surface area is 111 Å². The Kier molecular flexibility index (Phi) is 3.02. The maximum Gasteiger partial charge on any atom is 0.0686 e. The molecular formula is C16H28O2. The van der Waals surface area contributed by atoms with E-state index in [1.807, 2.05) is 0 Å². The number of hydrogen-bond acceptors (Lipinski definition) is 2. The standard InChI is InChI=1S/C16H28O2/c1-14(2)8-9-16(17,12-14)13-5-10-18-15(11-13)6-3-4-7-15/h13,17H,3-12H2,1-2H3. The van der Waals surface area contributed by atoms with Crippen molar-refractivity contribution in [2.45, 2.75) is 82.8 Å². The number of aliphatic hydroxyl groups is 1. The summed E-state index contributed by atoms with van der Waals surface area (Å²) in [7, 11) is 0. The van der Waals surface area contributed by atoms with Crippen LogP contribution < -0.4 is 0 Å². The van der Waals surface area contributed by atoms with E-state index in [0.29, 0.717) is 11.3 Å². The molecule has 2 nitrogen and oxygen atoms in total. The Morgan fingerprint density at radius 1 is 1.06 bits per heavy atom. The highest BCUT2D eigenvalue weighted by Crippen LogP contribution is 2.53. The van der Waals surface area contributed by atoms with Crippen LogP contribution in [0.2, 0.25) is 0 Å². The summed E-state index contributed by atoms with van der Waals surface area (Å²) in [5.41, 5.74) is 0.0736. The Morgan fingerprint density at radius 2 is 1.78 bits per heavy atom. The van der Waals surface area contributed by atoms with Crippen molar-refractivity contribution in [1.82, 2.24) is 0 Å². The van der Waals surface area contributed by atoms with Gasteiger partial charge in [-0.3, -0.25) is 0 Å². The summed E-state index contributed by atoms with van der Waals surface area (Å²) in [6.07, 6.45) is 10.4. The summed E-state index contributed by atoms with van der Waals surface area (Å²) in [5.74, 6) is 0.478. The molecule has 2 aliphatic carbocycles. The summed E-state index contributed by atoms with van der Waals surface area (Å²) >= 11 is 0. The van der Waals surface area contributed by atoms with Gasteiger partial charge in [-0.2, -0.15) is 0 Å². The number of hydrogen-bond donors (Lipinski definition) is 1. The quantitative estimate of drug-likeness (QED) is 0.771. The van der Waals surface area contributed by atoms with Crippen LogP contribution >= 0.6 is 0 Å². The van der Waals surface area contributed by atoms with E-state index < -0.39 is 5.60 Å². The second kappa shape index (κ2) is 4.21. The highest BCUT2D eigenvalue weighted by atomic mass is 16.5. The molecule has 1 N–H and O–H groups in total. The molecule has 18 heavy (non-hydrogen) atoms. The summed E-state index contributed by atoms with van der Waals surface area (Å²) < 4.78 is 6.10. The summed E-state index contributed by atoms with van der Waals surface area (Å²) in [5, 5.41) is 11.0. The van der Waals surface area contributed by atoms with Crippen LogP contribution in [-0.2, 0) is 4.74 Å². The second-order valence-corrected chi connectivity index (χ2v) is 7.87. The van der Waals surface area contributed by atoms with Gasteiger partial charge in [0.05, 0.1) is 11.2 Å². The molecule has 0 aromatic rings. The molecule has 104 valence electrons. The van der Waals surface area contributed by atoms with Gasteiger partial charge >= 0.3 is 0 Å². The SMILES string of the molecule is CC1(C)CCC(O)(C2CCOC3(CCCC3)C2)C1. The number of rotatable bonds is 1. The van der Waals surface area contributed by atoms with Gasteiger partial charge in [0.15, 0.2) is 0 Å². The predicted molar refractivity (Wildman–Crippen MR) is 72.5 cm³/mol. The van der Waals surface area contributed by atoms with Crippen LogP contribution in [0.25, 0.3) is 0 Å². The first-order valence-electron chi connectivity index (χ1n) is 7.80. The molecule has 0 bridgehead atoms. The van der Waals surface area contributed by atoms with Crippen LogP contribution in [0.4, 0.5) is 0 Å². The molecule has 1 spiro atoms. The highest BCUT2D eigenvalue weighted by molar-refractivity contribution is 5.02. The molecule has 1 heterocycles. The summed E-state index contributed by atoms with van der Waals surface area (Å²) in [6, 6.07) is 0. The van der Waals surface area contributed by atoms with Crippen LogP contribution in [0.15, 0.2) is 0 Å². The molecule has 1 saturated heterocycles. The van der Waals surface area contributed by atoms with Crippen molar-refractivity contribution in [2.24, 2.45) is 11.3 Å². The smallest absolute Gasteiger partial charge is 0.0686 e. The minimum Gasteiger partial charge on any atom is -0.390 e. The highest BCUT2D eigenvalue weighted by Gasteiger charge is 2.51. The van der Waals surface area contributed by atoms with Gasteiger partial charge in [-0.15, -0.1) is 0 Å². The van der Waals surface area contributed by atoms with Gasteiger partial charge in [-0.1, -0.05) is 26.7 Å². The van der Waals surface area contributed by atoms with Gasteiger partial charge in [-0.25, -0.2) is 0 Å². The van der Waals surface area contributed by atoms with Crippen molar-refractivity contribution < 1.29 is 9.84 Å². The maximum absolute atomic E-state index is 11.0. The van der Waals surface area contributed by atoms with Gasteiger partial charge in [0.1, 0.15) is 0 Å². The van der Waals surface area contributed by atoms with E-state index in [-0.39, 0.29) is 5.60 Å². The van der Waals surface area contributed by atoms with Crippen LogP contribution in [-0.4, -0.2) is 22.9 Å². The third-order valence-electron chi connectivity index (χ3n) is 5.79. The second-order valence-electron chi connectivity index (χ2n) is 7.87. The van der Waals surface area contributed by atoms with E-state index in [0.717, 1.165) is 32.3 Å². The molecular weight excluding hydrogens is 224 g/mol. The number of ether oxygens (including phenoxy) is 1. The molecule has 1 aliphatic heterocycles. The van der Waals surface area contributed by atoms with Crippen molar-refractivity contribution >= 4 is 0 Å². The Balaban J connectivity index is 1.72. The average Bonchev–Trinajstić information content (AvgIpc) is 2.85. The van der Waals surface area contributed by atoms with E-state index in [1.165, 1.54) is 32.1 Å². The van der Waals surface area contributed by atoms with E-state index in [2.05, 4.69) is 13.8 Å². The van der Waals surface area contributed by atoms with Gasteiger partial charge in [0, 0.05) is 6.61 Å². The van der Waals surface area contributed by atoms with E-state index in [1.54, 1.807) is 0 Å². The van der Waals surface area contributed by atoms with Gasteiger partial charge in [0.25, 0.3) is 0 Å². The Hall–Kier alpha value is -0.0800. The lowest BCUT2D eigenvalue weighted by molar-refractivity contribution is -0.140. The van der Waals surface area contributed by atoms with Crippen molar-refractivity contribution in [3.8, 4) is 0 Å². The molecule has 0 amide bonds. The third kappa shape index (κ3) is 2.22. The van der Waals surface area contributed by atoms with E-state index >= 15 is 0 Å². The zero-order valence-corrected chi connectivity index (χ0v) is 12.0. The topological polar surface area (TPSA) is 29.5 Å². The summed E-state index contributed by atoms with van der Waals surface area (Å²) in [4.78, 5) is 0. The maximum atomic E-state index is 11.0. The first-order chi connectivity index (χ1) is 8.43. The molecule has 0 aromatic carbocycles. The molecule has 3 aliphatic rings. The van der Waals surface area contributed by atoms with Crippen molar-refractivity contribution in [3.63, 3.8) is 0 Å². The van der Waals surface area contributed by atoms with Crippen molar-refractivity contribution in [2.75, 3.05) is 6.61 Å². The van der Waals surface area contributed by atoms with E-state index in [9.17, 15) is 5.11 Å². The Bertz CT molecular complexity index is 317. The molecule has 2 atom stereocenters. The average molecular weight is 252 g/mol. The van der Waals surface area contributed by atoms with Gasteiger partial charge < -0.3 is 9.84 Å². The van der Waals surface area contributed by atoms with Crippen LogP contribution in [0, 0.1) is 11.3 Å². The monoisotopic (exact) mass is 252 g/mol. The lowest BCUT2D eigenvalue weighted by atomic mass is 9.73. The lowest BCUT2D eigenvalue weighted by Crippen LogP contribution is -2.46. The first-order valence-corrected chi connectivity index (χ1v) is 7.80. The van der Waals surface area contributed by atoms with Crippen LogP contribution in [0.5, 0.6) is 0 Å². The molecule has 2 heteroatoms. The van der Waals surface area contributed by atoms with Crippen molar-refractivity contribution in [1.29, 1.82) is 0 Å². The normalized spacial score (nSPS) is 42.5. The fourth-order valence-electron chi connectivity index (χ4n) is 4.76. The largest absolute Gasteiger partial charge is 0.390 e. The molecule has 3 rings (SSSR count). The molecule has 2 saturated carbocycles. The minimum absolute atomic E-state index is 0.144. The van der Waals surface area contributed by atoms with Crippen LogP contribution in [0.1, 0.15) is 71.6 Å². The van der Waals surface area contributed by atoms with Crippen LogP contribution in [0.3, 0.4) is 0 Å². The first kappa shape index (κ1) is 12.9. The lowest BCUT2D eigenvalue weighted by Gasteiger charge is -2.44. The summed E-state index contributed by atoms with van der Waals surface area (Å²) in [6.45, 7) is 5.47.